The van der Waals surface area contributed by atoms with E-state index in [1.165, 1.54) is 24.3 Å². The molecule has 0 saturated carbocycles. The molecule has 0 spiro atoms. The summed E-state index contributed by atoms with van der Waals surface area (Å²) in [5, 5.41) is 2.44. The van der Waals surface area contributed by atoms with Crippen LogP contribution in [0.2, 0.25) is 5.02 Å². The molecule has 0 aliphatic rings. The zero-order valence-corrected chi connectivity index (χ0v) is 16.8. The van der Waals surface area contributed by atoms with Crippen molar-refractivity contribution >= 4 is 33.2 Å². The molecular weight excluding hydrogens is 415 g/mol. The van der Waals surface area contributed by atoms with Crippen molar-refractivity contribution in [3.8, 4) is 0 Å². The number of sulfonamides is 1. The van der Waals surface area contributed by atoms with E-state index in [1.54, 1.807) is 42.5 Å². The minimum atomic E-state index is -3.93. The van der Waals surface area contributed by atoms with Crippen LogP contribution in [0, 0.1) is 5.82 Å². The van der Waals surface area contributed by atoms with Gasteiger partial charge >= 0.3 is 0 Å². The number of nitrogens with one attached hydrogen (secondary N) is 2. The van der Waals surface area contributed by atoms with Crippen LogP contribution in [0.25, 0.3) is 0 Å². The molecule has 8 heteroatoms. The van der Waals surface area contributed by atoms with Gasteiger partial charge in [-0.05, 0) is 42.3 Å². The zero-order valence-electron chi connectivity index (χ0n) is 15.2. The molecule has 0 fully saturated rings. The van der Waals surface area contributed by atoms with Crippen LogP contribution in [-0.2, 0) is 21.2 Å². The standard InChI is InChI=1S/C21H18ClFN2O3S/c22-18-14-16(11-12-19(18)23)24-21(26)20(13-15-7-3-1-4-8-15)25-29(27,28)17-9-5-2-6-10-17/h1-12,14,20,25H,13H2,(H,24,26)/t20-/m0/s1. The smallest absolute Gasteiger partial charge is 0.242 e. The molecule has 0 bridgehead atoms. The summed E-state index contributed by atoms with van der Waals surface area (Å²) in [6.07, 6.45) is 0.133. The van der Waals surface area contributed by atoms with Crippen molar-refractivity contribution in [3.05, 3.63) is 95.3 Å². The van der Waals surface area contributed by atoms with Gasteiger partial charge in [-0.25, -0.2) is 12.8 Å². The van der Waals surface area contributed by atoms with Gasteiger partial charge in [-0.3, -0.25) is 4.79 Å². The van der Waals surface area contributed by atoms with E-state index in [1.807, 2.05) is 6.07 Å². The van der Waals surface area contributed by atoms with Crippen LogP contribution in [0.4, 0.5) is 10.1 Å². The van der Waals surface area contributed by atoms with Crippen molar-refractivity contribution in [2.75, 3.05) is 5.32 Å². The fourth-order valence-corrected chi connectivity index (χ4v) is 4.09. The summed E-state index contributed by atoms with van der Waals surface area (Å²) in [6.45, 7) is 0. The van der Waals surface area contributed by atoms with Gasteiger partial charge < -0.3 is 5.32 Å². The van der Waals surface area contributed by atoms with Gasteiger partial charge in [-0.15, -0.1) is 0 Å². The molecule has 29 heavy (non-hydrogen) atoms. The molecule has 0 saturated heterocycles. The Balaban J connectivity index is 1.85. The number of carbonyl (C=O) groups excluding carboxylic acids is 1. The van der Waals surface area contributed by atoms with Crippen LogP contribution < -0.4 is 10.0 Å². The lowest BCUT2D eigenvalue weighted by Crippen LogP contribution is -2.45. The van der Waals surface area contributed by atoms with E-state index in [0.29, 0.717) is 0 Å². The minimum absolute atomic E-state index is 0.0516. The molecule has 3 aromatic rings. The van der Waals surface area contributed by atoms with Crippen molar-refractivity contribution in [2.24, 2.45) is 0 Å². The van der Waals surface area contributed by atoms with Gasteiger partial charge in [0.25, 0.3) is 0 Å². The predicted molar refractivity (Wildman–Crippen MR) is 111 cm³/mol. The molecule has 3 rings (SSSR count). The lowest BCUT2D eigenvalue weighted by Gasteiger charge is -2.19. The maximum Gasteiger partial charge on any atom is 0.242 e. The highest BCUT2D eigenvalue weighted by Crippen LogP contribution is 2.20. The number of amides is 1. The Hall–Kier alpha value is -2.74. The van der Waals surface area contributed by atoms with Crippen molar-refractivity contribution in [1.29, 1.82) is 0 Å². The summed E-state index contributed by atoms with van der Waals surface area (Å²) in [6, 6.07) is 19.5. The Morgan fingerprint density at radius 3 is 2.21 bits per heavy atom. The highest BCUT2D eigenvalue weighted by atomic mass is 35.5. The van der Waals surface area contributed by atoms with Crippen LogP contribution in [0.3, 0.4) is 0 Å². The summed E-state index contributed by atoms with van der Waals surface area (Å²) < 4.78 is 41.3. The van der Waals surface area contributed by atoms with Crippen molar-refractivity contribution in [2.45, 2.75) is 17.4 Å². The molecular formula is C21H18ClFN2O3S. The molecule has 5 nitrogen and oxygen atoms in total. The van der Waals surface area contributed by atoms with E-state index in [2.05, 4.69) is 10.0 Å². The maximum absolute atomic E-state index is 13.4. The Morgan fingerprint density at radius 1 is 0.966 bits per heavy atom. The third kappa shape index (κ3) is 5.63. The first-order valence-electron chi connectivity index (χ1n) is 8.72. The average Bonchev–Trinajstić information content (AvgIpc) is 2.71. The maximum atomic E-state index is 13.4. The van der Waals surface area contributed by atoms with Crippen LogP contribution in [0.5, 0.6) is 0 Å². The first-order valence-corrected chi connectivity index (χ1v) is 10.6. The van der Waals surface area contributed by atoms with E-state index in [0.717, 1.165) is 11.6 Å². The normalized spacial score (nSPS) is 12.3. The minimum Gasteiger partial charge on any atom is -0.325 e. The SMILES string of the molecule is O=C(Nc1ccc(F)c(Cl)c1)[C@H](Cc1ccccc1)NS(=O)(=O)c1ccccc1. The number of halogens is 2. The number of anilines is 1. The summed E-state index contributed by atoms with van der Waals surface area (Å²) in [5.41, 5.74) is 1.04. The monoisotopic (exact) mass is 432 g/mol. The molecule has 3 aromatic carbocycles. The summed E-state index contributed by atoms with van der Waals surface area (Å²) >= 11 is 5.76. The van der Waals surface area contributed by atoms with Gasteiger partial charge in [0.2, 0.25) is 15.9 Å². The second-order valence-electron chi connectivity index (χ2n) is 6.29. The summed E-state index contributed by atoms with van der Waals surface area (Å²) in [5.74, 6) is -1.20. The van der Waals surface area contributed by atoms with Gasteiger partial charge in [0, 0.05) is 5.69 Å². The van der Waals surface area contributed by atoms with E-state index in [4.69, 9.17) is 11.6 Å². The largest absolute Gasteiger partial charge is 0.325 e. The molecule has 0 unspecified atom stereocenters. The lowest BCUT2D eigenvalue weighted by atomic mass is 10.1. The molecule has 0 heterocycles. The molecule has 2 N–H and O–H groups in total. The van der Waals surface area contributed by atoms with E-state index >= 15 is 0 Å². The number of carbonyl (C=O) groups is 1. The van der Waals surface area contributed by atoms with Crippen LogP contribution in [-0.4, -0.2) is 20.4 Å². The zero-order chi connectivity index (χ0) is 20.9. The van der Waals surface area contributed by atoms with Gasteiger partial charge in [0.1, 0.15) is 11.9 Å². The number of benzene rings is 3. The molecule has 150 valence electrons. The van der Waals surface area contributed by atoms with Crippen LogP contribution in [0.1, 0.15) is 5.56 Å². The molecule has 0 radical (unpaired) electrons. The first kappa shape index (κ1) is 21.0. The van der Waals surface area contributed by atoms with E-state index in [9.17, 15) is 17.6 Å². The van der Waals surface area contributed by atoms with Crippen molar-refractivity contribution in [3.63, 3.8) is 0 Å². The van der Waals surface area contributed by atoms with E-state index < -0.39 is 27.8 Å². The van der Waals surface area contributed by atoms with Crippen LogP contribution in [0.15, 0.2) is 83.8 Å². The first-order chi connectivity index (χ1) is 13.8. The van der Waals surface area contributed by atoms with Gasteiger partial charge in [0.05, 0.1) is 9.92 Å². The Bertz CT molecular complexity index is 1090. The van der Waals surface area contributed by atoms with Crippen molar-refractivity contribution < 1.29 is 17.6 Å². The van der Waals surface area contributed by atoms with Gasteiger partial charge in [0.15, 0.2) is 0 Å². The molecule has 0 aromatic heterocycles. The highest BCUT2D eigenvalue weighted by Gasteiger charge is 2.26. The van der Waals surface area contributed by atoms with Gasteiger partial charge in [-0.1, -0.05) is 60.1 Å². The second-order valence-corrected chi connectivity index (χ2v) is 8.42. The van der Waals surface area contributed by atoms with Gasteiger partial charge in [-0.2, -0.15) is 4.72 Å². The average molecular weight is 433 g/mol. The quantitative estimate of drug-likeness (QED) is 0.592. The Morgan fingerprint density at radius 2 is 1.59 bits per heavy atom. The third-order valence-electron chi connectivity index (χ3n) is 4.14. The number of rotatable bonds is 7. The number of hydrogen-bond donors (Lipinski definition) is 2. The Labute approximate surface area is 173 Å². The molecule has 0 aliphatic heterocycles. The topological polar surface area (TPSA) is 75.3 Å². The summed E-state index contributed by atoms with van der Waals surface area (Å²) in [4.78, 5) is 12.9. The molecule has 0 aliphatic carbocycles. The highest BCUT2D eigenvalue weighted by molar-refractivity contribution is 7.89. The predicted octanol–water partition coefficient (Wildman–Crippen LogP) is 4.01. The number of hydrogen-bond acceptors (Lipinski definition) is 3. The fraction of sp³-hybridized carbons (Fsp3) is 0.0952. The van der Waals surface area contributed by atoms with E-state index in [-0.39, 0.29) is 22.0 Å². The molecule has 1 atom stereocenters. The fourth-order valence-electron chi connectivity index (χ4n) is 2.70. The van der Waals surface area contributed by atoms with Crippen LogP contribution >= 0.6 is 11.6 Å². The summed E-state index contributed by atoms with van der Waals surface area (Å²) in [7, 11) is -3.93. The van der Waals surface area contributed by atoms with Crippen molar-refractivity contribution in [1.82, 2.24) is 4.72 Å². The lowest BCUT2D eigenvalue weighted by molar-refractivity contribution is -0.117. The Kier molecular flexibility index (Phi) is 6.64. The molecule has 1 amide bonds. The third-order valence-corrected chi connectivity index (χ3v) is 5.91. The second kappa shape index (κ2) is 9.17.